The first-order chi connectivity index (χ1) is 14.6. The lowest BCUT2D eigenvalue weighted by Crippen LogP contribution is -2.69. The molecule has 2 aromatic rings. The van der Waals surface area contributed by atoms with E-state index in [1.54, 1.807) is 0 Å². The van der Waals surface area contributed by atoms with Crippen LogP contribution in [0.15, 0.2) is 84.5 Å². The fraction of sp³-hybridized carbons (Fsp3) is 0.320. The van der Waals surface area contributed by atoms with Crippen molar-refractivity contribution in [2.24, 2.45) is 0 Å². The van der Waals surface area contributed by atoms with Crippen LogP contribution >= 0.6 is 0 Å². The summed E-state index contributed by atoms with van der Waals surface area (Å²) in [5.41, 5.74) is 0.602. The second-order valence-electron chi connectivity index (χ2n) is 8.99. The standard InChI is InChI=1S/C25H30O5Si/c1-17-18(16-22(26)27)15-21(24(29)23(17)28)30-31(25(2,3)4,19-11-7-5-8-12-19)20-13-9-6-10-14-20/h5-14,16,21,23-24,28-29H,1,15H2,2-4H3,(H,26,27). The average Bonchev–Trinajstić information content (AvgIpc) is 2.73. The third kappa shape index (κ3) is 4.43. The predicted molar refractivity (Wildman–Crippen MR) is 124 cm³/mol. The molecule has 1 fully saturated rings. The van der Waals surface area contributed by atoms with E-state index >= 15 is 0 Å². The van der Waals surface area contributed by atoms with Crippen molar-refractivity contribution in [2.45, 2.75) is 50.5 Å². The van der Waals surface area contributed by atoms with E-state index in [-0.39, 0.29) is 17.0 Å². The van der Waals surface area contributed by atoms with Gasteiger partial charge in [0.25, 0.3) is 8.32 Å². The van der Waals surface area contributed by atoms with Crippen molar-refractivity contribution < 1.29 is 24.5 Å². The third-order valence-electron chi connectivity index (χ3n) is 5.94. The van der Waals surface area contributed by atoms with Crippen LogP contribution in [0.25, 0.3) is 0 Å². The zero-order valence-electron chi connectivity index (χ0n) is 18.2. The van der Waals surface area contributed by atoms with Crippen molar-refractivity contribution >= 4 is 24.7 Å². The Morgan fingerprint density at radius 1 is 1.03 bits per heavy atom. The number of carboxylic acids is 1. The first kappa shape index (κ1) is 23.2. The van der Waals surface area contributed by atoms with Gasteiger partial charge in [0, 0.05) is 12.5 Å². The van der Waals surface area contributed by atoms with Gasteiger partial charge in [-0.15, -0.1) is 0 Å². The van der Waals surface area contributed by atoms with E-state index < -0.39 is 32.6 Å². The summed E-state index contributed by atoms with van der Waals surface area (Å²) in [6.07, 6.45) is -2.08. The van der Waals surface area contributed by atoms with E-state index in [1.807, 2.05) is 60.7 Å². The van der Waals surface area contributed by atoms with Crippen LogP contribution in [0.1, 0.15) is 27.2 Å². The monoisotopic (exact) mass is 438 g/mol. The van der Waals surface area contributed by atoms with Gasteiger partial charge in [0.05, 0.1) is 6.10 Å². The Kier molecular flexibility index (Phi) is 6.67. The Morgan fingerprint density at radius 2 is 1.52 bits per heavy atom. The van der Waals surface area contributed by atoms with E-state index in [0.717, 1.165) is 16.4 Å². The Hall–Kier alpha value is -2.51. The number of hydrogen-bond donors (Lipinski definition) is 3. The molecule has 1 saturated carbocycles. The van der Waals surface area contributed by atoms with Gasteiger partial charge in [-0.25, -0.2) is 4.79 Å². The van der Waals surface area contributed by atoms with Crippen molar-refractivity contribution in [1.82, 2.24) is 0 Å². The van der Waals surface area contributed by atoms with Gasteiger partial charge in [-0.05, 0) is 26.6 Å². The lowest BCUT2D eigenvalue weighted by Gasteiger charge is -2.47. The van der Waals surface area contributed by atoms with Crippen LogP contribution in [-0.4, -0.2) is 47.9 Å². The molecule has 3 atom stereocenters. The van der Waals surface area contributed by atoms with Gasteiger partial charge in [-0.1, -0.05) is 88.0 Å². The molecule has 3 unspecified atom stereocenters. The van der Waals surface area contributed by atoms with Gasteiger partial charge in [0.2, 0.25) is 0 Å². The van der Waals surface area contributed by atoms with Crippen LogP contribution in [0, 0.1) is 0 Å². The number of aliphatic hydroxyl groups is 2. The van der Waals surface area contributed by atoms with Crippen LogP contribution < -0.4 is 10.4 Å². The van der Waals surface area contributed by atoms with Crippen LogP contribution in [0.2, 0.25) is 5.04 Å². The van der Waals surface area contributed by atoms with Crippen LogP contribution in [0.3, 0.4) is 0 Å². The molecule has 6 heteroatoms. The number of aliphatic carboxylic acids is 1. The molecule has 164 valence electrons. The maximum absolute atomic E-state index is 11.3. The second kappa shape index (κ2) is 8.92. The van der Waals surface area contributed by atoms with Gasteiger partial charge in [-0.2, -0.15) is 0 Å². The van der Waals surface area contributed by atoms with E-state index in [0.29, 0.717) is 5.57 Å². The zero-order chi connectivity index (χ0) is 22.8. The molecule has 0 saturated heterocycles. The highest BCUT2D eigenvalue weighted by molar-refractivity contribution is 6.99. The maximum atomic E-state index is 11.3. The van der Waals surface area contributed by atoms with Gasteiger partial charge in [0.1, 0.15) is 12.2 Å². The number of hydrogen-bond acceptors (Lipinski definition) is 4. The van der Waals surface area contributed by atoms with E-state index in [2.05, 4.69) is 27.4 Å². The van der Waals surface area contributed by atoms with Crippen LogP contribution in [0.4, 0.5) is 0 Å². The molecule has 0 heterocycles. The molecule has 0 amide bonds. The maximum Gasteiger partial charge on any atom is 0.328 e. The van der Waals surface area contributed by atoms with Crippen LogP contribution in [-0.2, 0) is 9.22 Å². The lowest BCUT2D eigenvalue weighted by molar-refractivity contribution is -0.131. The van der Waals surface area contributed by atoms with Crippen molar-refractivity contribution in [3.63, 3.8) is 0 Å². The summed E-state index contributed by atoms with van der Waals surface area (Å²) < 4.78 is 6.91. The normalized spacial score (nSPS) is 23.7. The molecule has 0 aliphatic heterocycles. The molecule has 5 nitrogen and oxygen atoms in total. The van der Waals surface area contributed by atoms with E-state index in [1.165, 1.54) is 0 Å². The molecule has 2 aromatic carbocycles. The highest BCUT2D eigenvalue weighted by atomic mass is 28.4. The molecule has 31 heavy (non-hydrogen) atoms. The molecule has 0 radical (unpaired) electrons. The predicted octanol–water partition coefficient (Wildman–Crippen LogP) is 2.62. The van der Waals surface area contributed by atoms with Gasteiger partial charge < -0.3 is 19.7 Å². The van der Waals surface area contributed by atoms with Gasteiger partial charge in [0.15, 0.2) is 0 Å². The Morgan fingerprint density at radius 3 is 1.94 bits per heavy atom. The molecule has 0 spiro atoms. The minimum absolute atomic E-state index is 0.161. The zero-order valence-corrected chi connectivity index (χ0v) is 19.2. The summed E-state index contributed by atoms with van der Waals surface area (Å²) >= 11 is 0. The van der Waals surface area contributed by atoms with Gasteiger partial charge in [-0.3, -0.25) is 0 Å². The fourth-order valence-electron chi connectivity index (χ4n) is 4.40. The number of rotatable bonds is 5. The average molecular weight is 439 g/mol. The van der Waals surface area contributed by atoms with Crippen molar-refractivity contribution in [3.8, 4) is 0 Å². The fourth-order valence-corrected chi connectivity index (χ4v) is 9.09. The minimum atomic E-state index is -2.98. The first-order valence-corrected chi connectivity index (χ1v) is 12.3. The highest BCUT2D eigenvalue weighted by Crippen LogP contribution is 2.40. The Balaban J connectivity index is 2.17. The summed E-state index contributed by atoms with van der Waals surface area (Å²) in [4.78, 5) is 11.3. The molecule has 3 N–H and O–H groups in total. The first-order valence-electron chi connectivity index (χ1n) is 10.4. The Bertz CT molecular complexity index is 923. The molecular formula is C25H30O5Si. The summed E-state index contributed by atoms with van der Waals surface area (Å²) in [5, 5.41) is 32.5. The molecule has 1 aliphatic carbocycles. The number of aliphatic hydroxyl groups excluding tert-OH is 2. The minimum Gasteiger partial charge on any atom is -0.478 e. The molecular weight excluding hydrogens is 408 g/mol. The van der Waals surface area contributed by atoms with Crippen LogP contribution in [0.5, 0.6) is 0 Å². The van der Waals surface area contributed by atoms with E-state index in [4.69, 9.17) is 4.43 Å². The summed E-state index contributed by atoms with van der Waals surface area (Å²) in [5.74, 6) is -1.12. The molecule has 3 rings (SSSR count). The largest absolute Gasteiger partial charge is 0.478 e. The number of benzene rings is 2. The molecule has 0 bridgehead atoms. The topological polar surface area (TPSA) is 87.0 Å². The summed E-state index contributed by atoms with van der Waals surface area (Å²) in [7, 11) is -2.98. The number of carboxylic acid groups (broad SMARTS) is 1. The number of carbonyl (C=O) groups is 1. The lowest BCUT2D eigenvalue weighted by atomic mass is 9.84. The van der Waals surface area contributed by atoms with Crippen molar-refractivity contribution in [1.29, 1.82) is 0 Å². The van der Waals surface area contributed by atoms with Gasteiger partial charge >= 0.3 is 5.97 Å². The second-order valence-corrected chi connectivity index (χ2v) is 13.2. The summed E-state index contributed by atoms with van der Waals surface area (Å²) in [6.45, 7) is 10.2. The Labute approximate surface area is 184 Å². The van der Waals surface area contributed by atoms with Crippen molar-refractivity contribution in [2.75, 3.05) is 0 Å². The quantitative estimate of drug-likeness (QED) is 0.494. The summed E-state index contributed by atoms with van der Waals surface area (Å²) in [6, 6.07) is 20.0. The molecule has 0 aromatic heterocycles. The third-order valence-corrected chi connectivity index (χ3v) is 11.0. The van der Waals surface area contributed by atoms with E-state index in [9.17, 15) is 20.1 Å². The molecule has 1 aliphatic rings. The highest BCUT2D eigenvalue weighted by Gasteiger charge is 2.53. The van der Waals surface area contributed by atoms with Crippen molar-refractivity contribution in [3.05, 3.63) is 84.5 Å². The SMILES string of the molecule is C=C1C(=CC(=O)O)CC(O[Si](c2ccccc2)(c2ccccc2)C(C)(C)C)C(O)C1O. The smallest absolute Gasteiger partial charge is 0.328 e.